The minimum atomic E-state index is -0.695. The van der Waals surface area contributed by atoms with E-state index in [-0.39, 0.29) is 0 Å². The van der Waals surface area contributed by atoms with Gasteiger partial charge in [-0.3, -0.25) is 0 Å². The van der Waals surface area contributed by atoms with Gasteiger partial charge in [0.2, 0.25) is 0 Å². The molecule has 0 spiro atoms. The lowest BCUT2D eigenvalue weighted by molar-refractivity contribution is 0.768. The van der Waals surface area contributed by atoms with Crippen LogP contribution in [0.25, 0.3) is 100 Å². The summed E-state index contributed by atoms with van der Waals surface area (Å²) in [6, 6.07) is 90.5. The highest BCUT2D eigenvalue weighted by atomic mass is 14.9. The number of fused-ring (bicyclic) bond motifs is 5. The standard InChI is InChI=1S/C65H42N4/c1-5-17-43(18-6-1)45-29-33-47(34-30-45)61-55-25-13-15-27-59(55)66-63(68-61)49-37-39-53-54-40-38-50(42-58(54)65(57(53)41-49,51-21-9-3-10-22-51)52-23-11-4-12-24-52)64-67-60-28-16-14-26-56(60)62(69-64)48-35-31-46(32-36-48)44-19-7-2-8-20-44/h1-42H. The molecule has 0 amide bonds. The zero-order valence-corrected chi connectivity index (χ0v) is 37.5. The molecule has 0 bridgehead atoms. The monoisotopic (exact) mass is 878 g/mol. The SMILES string of the molecule is c1ccc(-c2ccc(-c3nc(-c4ccc5c(c4)C(c4ccccc4)(c4ccccc4)c4cc(-c6nc(-c7ccc(-c8ccccc8)cc7)c7ccccc7n6)ccc4-5)nc4ccccc34)cc2)cc1. The molecule has 0 unspecified atom stereocenters. The third-order valence-electron chi connectivity index (χ3n) is 13.8. The first-order valence-corrected chi connectivity index (χ1v) is 23.5. The number of aromatic nitrogens is 4. The van der Waals surface area contributed by atoms with Gasteiger partial charge in [-0.15, -0.1) is 0 Å². The Bertz CT molecular complexity index is 3600. The molecule has 13 rings (SSSR count). The van der Waals surface area contributed by atoms with Crippen molar-refractivity contribution in [1.29, 1.82) is 0 Å². The Morgan fingerprint density at radius 1 is 0.246 bits per heavy atom. The van der Waals surface area contributed by atoms with Crippen LogP contribution in [-0.4, -0.2) is 19.9 Å². The van der Waals surface area contributed by atoms with Crippen molar-refractivity contribution >= 4 is 21.8 Å². The van der Waals surface area contributed by atoms with Crippen molar-refractivity contribution in [2.24, 2.45) is 0 Å². The molecule has 0 saturated heterocycles. The van der Waals surface area contributed by atoms with Crippen LogP contribution in [0.3, 0.4) is 0 Å². The van der Waals surface area contributed by atoms with E-state index in [1.165, 1.54) is 55.6 Å². The predicted octanol–water partition coefficient (Wildman–Crippen LogP) is 15.9. The second-order valence-electron chi connectivity index (χ2n) is 17.7. The van der Waals surface area contributed by atoms with E-state index >= 15 is 0 Å². The smallest absolute Gasteiger partial charge is 0.160 e. The summed E-state index contributed by atoms with van der Waals surface area (Å²) in [5, 5.41) is 2.03. The second-order valence-corrected chi connectivity index (χ2v) is 17.7. The summed E-state index contributed by atoms with van der Waals surface area (Å²) in [6.45, 7) is 0. The third-order valence-corrected chi connectivity index (χ3v) is 13.8. The van der Waals surface area contributed by atoms with Crippen LogP contribution in [0, 0.1) is 0 Å². The first kappa shape index (κ1) is 40.2. The molecule has 0 fully saturated rings. The molecule has 322 valence electrons. The van der Waals surface area contributed by atoms with Gasteiger partial charge < -0.3 is 0 Å². The number of nitrogens with zero attached hydrogens (tertiary/aromatic N) is 4. The van der Waals surface area contributed by atoms with E-state index in [9.17, 15) is 0 Å². The quantitative estimate of drug-likeness (QED) is 0.153. The summed E-state index contributed by atoms with van der Waals surface area (Å²) in [4.78, 5) is 21.4. The maximum Gasteiger partial charge on any atom is 0.160 e. The van der Waals surface area contributed by atoms with Crippen LogP contribution in [0.1, 0.15) is 22.3 Å². The largest absolute Gasteiger partial charge is 0.228 e. The molecule has 0 N–H and O–H groups in total. The van der Waals surface area contributed by atoms with Crippen LogP contribution in [0.15, 0.2) is 255 Å². The van der Waals surface area contributed by atoms with Crippen LogP contribution >= 0.6 is 0 Å². The van der Waals surface area contributed by atoms with Gasteiger partial charge in [-0.05, 0) is 79.9 Å². The molecule has 10 aromatic carbocycles. The highest BCUT2D eigenvalue weighted by molar-refractivity contribution is 5.96. The average molecular weight is 879 g/mol. The highest BCUT2D eigenvalue weighted by Crippen LogP contribution is 2.57. The Balaban J connectivity index is 0.982. The fraction of sp³-hybridized carbons (Fsp3) is 0.0154. The molecule has 0 atom stereocenters. The fourth-order valence-corrected chi connectivity index (χ4v) is 10.5. The molecule has 69 heavy (non-hydrogen) atoms. The Labute approximate surface area is 401 Å². The van der Waals surface area contributed by atoms with Gasteiger partial charge in [0.15, 0.2) is 11.6 Å². The summed E-state index contributed by atoms with van der Waals surface area (Å²) in [7, 11) is 0. The van der Waals surface area contributed by atoms with Gasteiger partial charge in [-0.2, -0.15) is 0 Å². The van der Waals surface area contributed by atoms with Crippen molar-refractivity contribution in [1.82, 2.24) is 19.9 Å². The fourth-order valence-electron chi connectivity index (χ4n) is 10.5. The van der Waals surface area contributed by atoms with Crippen molar-refractivity contribution in [2.45, 2.75) is 5.41 Å². The number of hydrogen-bond acceptors (Lipinski definition) is 4. The summed E-state index contributed by atoms with van der Waals surface area (Å²) in [6.07, 6.45) is 0. The van der Waals surface area contributed by atoms with Crippen LogP contribution in [0.4, 0.5) is 0 Å². The van der Waals surface area contributed by atoms with Crippen molar-refractivity contribution in [2.75, 3.05) is 0 Å². The normalized spacial score (nSPS) is 12.5. The Hall–Kier alpha value is -9.12. The summed E-state index contributed by atoms with van der Waals surface area (Å²) in [5.41, 5.74) is 18.6. The van der Waals surface area contributed by atoms with Crippen LogP contribution in [0.5, 0.6) is 0 Å². The van der Waals surface area contributed by atoms with Crippen LogP contribution in [0.2, 0.25) is 0 Å². The molecule has 4 nitrogen and oxygen atoms in total. The Morgan fingerprint density at radius 3 is 0.971 bits per heavy atom. The summed E-state index contributed by atoms with van der Waals surface area (Å²) in [5.74, 6) is 1.36. The number of benzene rings is 10. The first-order chi connectivity index (χ1) is 34.2. The maximum absolute atomic E-state index is 5.42. The maximum atomic E-state index is 5.42. The molecule has 12 aromatic rings. The van der Waals surface area contributed by atoms with Crippen molar-refractivity contribution in [3.8, 4) is 78.7 Å². The lowest BCUT2D eigenvalue weighted by atomic mass is 9.67. The zero-order valence-electron chi connectivity index (χ0n) is 37.5. The molecular weight excluding hydrogens is 837 g/mol. The Morgan fingerprint density at radius 2 is 0.565 bits per heavy atom. The van der Waals surface area contributed by atoms with Gasteiger partial charge in [0.25, 0.3) is 0 Å². The molecular formula is C65H42N4. The summed E-state index contributed by atoms with van der Waals surface area (Å²) >= 11 is 0. The minimum Gasteiger partial charge on any atom is -0.228 e. The van der Waals surface area contributed by atoms with Crippen molar-refractivity contribution in [3.63, 3.8) is 0 Å². The molecule has 0 radical (unpaired) electrons. The van der Waals surface area contributed by atoms with E-state index in [1.807, 2.05) is 0 Å². The molecule has 0 saturated carbocycles. The molecule has 4 heteroatoms. The van der Waals surface area contributed by atoms with E-state index < -0.39 is 5.41 Å². The Kier molecular flexibility index (Phi) is 9.69. The summed E-state index contributed by atoms with van der Waals surface area (Å²) < 4.78 is 0. The first-order valence-electron chi connectivity index (χ1n) is 23.5. The number of rotatable bonds is 8. The van der Waals surface area contributed by atoms with E-state index in [0.29, 0.717) is 11.6 Å². The number of para-hydroxylation sites is 2. The molecule has 2 heterocycles. The van der Waals surface area contributed by atoms with E-state index in [2.05, 4.69) is 255 Å². The number of hydrogen-bond donors (Lipinski definition) is 0. The molecule has 0 aliphatic heterocycles. The van der Waals surface area contributed by atoms with Crippen molar-refractivity contribution < 1.29 is 0 Å². The third kappa shape index (κ3) is 6.84. The van der Waals surface area contributed by atoms with Crippen LogP contribution < -0.4 is 0 Å². The average Bonchev–Trinajstić information content (AvgIpc) is 3.73. The van der Waals surface area contributed by atoms with Crippen LogP contribution in [-0.2, 0) is 5.41 Å². The lowest BCUT2D eigenvalue weighted by Crippen LogP contribution is -2.28. The van der Waals surface area contributed by atoms with Gasteiger partial charge >= 0.3 is 0 Å². The molecule has 2 aromatic heterocycles. The van der Waals surface area contributed by atoms with E-state index in [1.54, 1.807) is 0 Å². The molecule has 1 aliphatic carbocycles. The highest BCUT2D eigenvalue weighted by Gasteiger charge is 2.46. The van der Waals surface area contributed by atoms with Gasteiger partial charge in [-0.1, -0.05) is 231 Å². The lowest BCUT2D eigenvalue weighted by Gasteiger charge is -2.34. The topological polar surface area (TPSA) is 51.6 Å². The van der Waals surface area contributed by atoms with E-state index in [4.69, 9.17) is 19.9 Å². The van der Waals surface area contributed by atoms with Gasteiger partial charge in [0.1, 0.15) is 0 Å². The predicted molar refractivity (Wildman–Crippen MR) is 283 cm³/mol. The minimum absolute atomic E-state index is 0.680. The van der Waals surface area contributed by atoms with E-state index in [0.717, 1.165) is 55.4 Å². The van der Waals surface area contributed by atoms with Gasteiger partial charge in [-0.25, -0.2) is 19.9 Å². The van der Waals surface area contributed by atoms with Gasteiger partial charge in [0, 0.05) is 33.0 Å². The van der Waals surface area contributed by atoms with Gasteiger partial charge in [0.05, 0.1) is 27.8 Å². The zero-order chi connectivity index (χ0) is 45.7. The molecule has 1 aliphatic rings. The van der Waals surface area contributed by atoms with Crippen molar-refractivity contribution in [3.05, 3.63) is 277 Å². The second kappa shape index (κ2) is 16.6.